The molecule has 7 nitrogen and oxygen atoms in total. The summed E-state index contributed by atoms with van der Waals surface area (Å²) in [4.78, 5) is 20.2. The van der Waals surface area contributed by atoms with E-state index in [1.807, 2.05) is 6.07 Å². The first kappa shape index (κ1) is 17.5. The van der Waals surface area contributed by atoms with Crippen molar-refractivity contribution in [1.82, 2.24) is 15.3 Å². The molecule has 1 aromatic heterocycles. The number of methoxy groups -OCH3 is 2. The highest BCUT2D eigenvalue weighted by molar-refractivity contribution is 5.93. The Morgan fingerprint density at radius 2 is 1.83 bits per heavy atom. The fourth-order valence-electron chi connectivity index (χ4n) is 2.03. The molecule has 1 aromatic carbocycles. The Kier molecular flexibility index (Phi) is 6.36. The second-order valence-corrected chi connectivity index (χ2v) is 5.10. The van der Waals surface area contributed by atoms with Crippen molar-refractivity contribution in [3.05, 3.63) is 36.2 Å². The van der Waals surface area contributed by atoms with Crippen LogP contribution in [0.4, 0.5) is 11.6 Å². The van der Waals surface area contributed by atoms with Crippen LogP contribution >= 0.6 is 0 Å². The van der Waals surface area contributed by atoms with Gasteiger partial charge in [0.1, 0.15) is 0 Å². The number of nitrogens with one attached hydrogen (secondary N) is 2. The lowest BCUT2D eigenvalue weighted by atomic mass is 10.2. The van der Waals surface area contributed by atoms with Crippen molar-refractivity contribution < 1.29 is 14.3 Å². The van der Waals surface area contributed by atoms with Crippen LogP contribution in [0.3, 0.4) is 0 Å². The molecule has 0 aliphatic rings. The lowest BCUT2D eigenvalue weighted by Crippen LogP contribution is -2.24. The Morgan fingerprint density at radius 3 is 2.46 bits per heavy atom. The molecular weight excluding hydrogens is 308 g/mol. The first-order valence-corrected chi connectivity index (χ1v) is 7.77. The smallest absolute Gasteiger partial charge is 0.254 e. The number of anilines is 2. The van der Waals surface area contributed by atoms with E-state index in [0.717, 1.165) is 18.5 Å². The molecule has 1 heterocycles. The van der Waals surface area contributed by atoms with Gasteiger partial charge in [0.05, 0.1) is 19.8 Å². The number of hydrogen-bond acceptors (Lipinski definition) is 6. The number of carbonyl (C=O) groups is 1. The van der Waals surface area contributed by atoms with Crippen molar-refractivity contribution in [3.8, 4) is 11.5 Å². The summed E-state index contributed by atoms with van der Waals surface area (Å²) >= 11 is 0. The van der Waals surface area contributed by atoms with Crippen LogP contribution in [0.5, 0.6) is 11.5 Å². The van der Waals surface area contributed by atoms with Crippen LogP contribution < -0.4 is 20.1 Å². The third-order valence-corrected chi connectivity index (χ3v) is 3.37. The van der Waals surface area contributed by atoms with Crippen LogP contribution in [0, 0.1) is 0 Å². The van der Waals surface area contributed by atoms with Gasteiger partial charge >= 0.3 is 0 Å². The maximum atomic E-state index is 11.9. The van der Waals surface area contributed by atoms with E-state index in [1.165, 1.54) is 12.4 Å². The molecule has 0 fully saturated rings. The van der Waals surface area contributed by atoms with Crippen LogP contribution in [-0.4, -0.2) is 36.6 Å². The van der Waals surface area contributed by atoms with Gasteiger partial charge in [-0.1, -0.05) is 13.3 Å². The van der Waals surface area contributed by atoms with E-state index in [-0.39, 0.29) is 5.91 Å². The highest BCUT2D eigenvalue weighted by Crippen LogP contribution is 2.30. The molecule has 0 aliphatic carbocycles. The van der Waals surface area contributed by atoms with Crippen molar-refractivity contribution in [2.24, 2.45) is 0 Å². The number of hydrogen-bond donors (Lipinski definition) is 2. The molecule has 0 spiro atoms. The maximum Gasteiger partial charge on any atom is 0.254 e. The molecule has 0 atom stereocenters. The van der Waals surface area contributed by atoms with Crippen LogP contribution in [0.15, 0.2) is 30.6 Å². The number of benzene rings is 1. The Labute approximate surface area is 141 Å². The van der Waals surface area contributed by atoms with Gasteiger partial charge in [-0.2, -0.15) is 0 Å². The third kappa shape index (κ3) is 4.58. The highest BCUT2D eigenvalue weighted by Gasteiger charge is 2.08. The van der Waals surface area contributed by atoms with Gasteiger partial charge < -0.3 is 20.1 Å². The lowest BCUT2D eigenvalue weighted by molar-refractivity contribution is 0.0952. The van der Waals surface area contributed by atoms with Gasteiger partial charge in [0, 0.05) is 30.7 Å². The molecule has 24 heavy (non-hydrogen) atoms. The normalized spacial score (nSPS) is 10.1. The predicted molar refractivity (Wildman–Crippen MR) is 92.1 cm³/mol. The van der Waals surface area contributed by atoms with Gasteiger partial charge in [-0.3, -0.25) is 4.79 Å². The number of rotatable bonds is 8. The molecule has 128 valence electrons. The minimum absolute atomic E-state index is 0.166. The predicted octanol–water partition coefficient (Wildman–Crippen LogP) is 2.77. The zero-order chi connectivity index (χ0) is 17.4. The SMILES string of the molecule is CCCCNC(=O)c1cnc(Nc2ccc(OC)c(OC)c2)nc1. The summed E-state index contributed by atoms with van der Waals surface area (Å²) < 4.78 is 10.4. The lowest BCUT2D eigenvalue weighted by Gasteiger charge is -2.10. The fourth-order valence-corrected chi connectivity index (χ4v) is 2.03. The summed E-state index contributed by atoms with van der Waals surface area (Å²) in [6.45, 7) is 2.73. The third-order valence-electron chi connectivity index (χ3n) is 3.37. The summed E-state index contributed by atoms with van der Waals surface area (Å²) in [6.07, 6.45) is 4.98. The van der Waals surface area contributed by atoms with E-state index in [4.69, 9.17) is 9.47 Å². The summed E-state index contributed by atoms with van der Waals surface area (Å²) in [5, 5.41) is 5.89. The maximum absolute atomic E-state index is 11.9. The van der Waals surface area contributed by atoms with Crippen molar-refractivity contribution in [2.45, 2.75) is 19.8 Å². The second-order valence-electron chi connectivity index (χ2n) is 5.10. The molecule has 7 heteroatoms. The molecule has 0 aliphatic heterocycles. The van der Waals surface area contributed by atoms with E-state index < -0.39 is 0 Å². The molecule has 0 saturated carbocycles. The van der Waals surface area contributed by atoms with Crippen molar-refractivity contribution in [1.29, 1.82) is 0 Å². The number of amides is 1. The molecular formula is C17H22N4O3. The Balaban J connectivity index is 2.02. The average Bonchev–Trinajstić information content (AvgIpc) is 2.62. The fraction of sp³-hybridized carbons (Fsp3) is 0.353. The van der Waals surface area contributed by atoms with E-state index in [0.29, 0.717) is 29.6 Å². The van der Waals surface area contributed by atoms with Crippen molar-refractivity contribution >= 4 is 17.5 Å². The second kappa shape index (κ2) is 8.71. The standard InChI is InChI=1S/C17H22N4O3/c1-4-5-8-18-16(22)12-10-19-17(20-11-12)21-13-6-7-14(23-2)15(9-13)24-3/h6-7,9-11H,4-5,8H2,1-3H3,(H,18,22)(H,19,20,21). The minimum atomic E-state index is -0.166. The van der Waals surface area contributed by atoms with Gasteiger partial charge in [0.25, 0.3) is 5.91 Å². The van der Waals surface area contributed by atoms with E-state index >= 15 is 0 Å². The largest absolute Gasteiger partial charge is 0.493 e. The van der Waals surface area contributed by atoms with Crippen molar-refractivity contribution in [2.75, 3.05) is 26.1 Å². The number of aromatic nitrogens is 2. The number of nitrogens with zero attached hydrogens (tertiary/aromatic N) is 2. The molecule has 0 saturated heterocycles. The molecule has 2 rings (SSSR count). The first-order chi connectivity index (χ1) is 11.7. The molecule has 2 N–H and O–H groups in total. The van der Waals surface area contributed by atoms with Gasteiger partial charge in [0.15, 0.2) is 11.5 Å². The summed E-state index contributed by atoms with van der Waals surface area (Å²) in [6, 6.07) is 5.40. The zero-order valence-electron chi connectivity index (χ0n) is 14.1. The topological polar surface area (TPSA) is 85.4 Å². The first-order valence-electron chi connectivity index (χ1n) is 7.77. The average molecular weight is 330 g/mol. The highest BCUT2D eigenvalue weighted by atomic mass is 16.5. The Morgan fingerprint density at radius 1 is 1.12 bits per heavy atom. The Bertz CT molecular complexity index is 674. The minimum Gasteiger partial charge on any atom is -0.493 e. The summed E-state index contributed by atoms with van der Waals surface area (Å²) in [5.74, 6) is 1.48. The van der Waals surface area contributed by atoms with Gasteiger partial charge in [-0.15, -0.1) is 0 Å². The monoisotopic (exact) mass is 330 g/mol. The van der Waals surface area contributed by atoms with Gasteiger partial charge in [-0.05, 0) is 18.6 Å². The molecule has 0 radical (unpaired) electrons. The van der Waals surface area contributed by atoms with Gasteiger partial charge in [0.2, 0.25) is 5.95 Å². The number of unbranched alkanes of at least 4 members (excludes halogenated alkanes) is 1. The molecule has 0 unspecified atom stereocenters. The number of ether oxygens (including phenoxy) is 2. The van der Waals surface area contributed by atoms with Crippen LogP contribution in [0.1, 0.15) is 30.1 Å². The van der Waals surface area contributed by atoms with Crippen LogP contribution in [0.2, 0.25) is 0 Å². The molecule has 1 amide bonds. The number of carbonyl (C=O) groups excluding carboxylic acids is 1. The van der Waals surface area contributed by atoms with E-state index in [1.54, 1.807) is 26.4 Å². The van der Waals surface area contributed by atoms with Crippen LogP contribution in [0.25, 0.3) is 0 Å². The van der Waals surface area contributed by atoms with E-state index in [2.05, 4.69) is 27.5 Å². The molecule has 2 aromatic rings. The zero-order valence-corrected chi connectivity index (χ0v) is 14.1. The van der Waals surface area contributed by atoms with Crippen molar-refractivity contribution in [3.63, 3.8) is 0 Å². The van der Waals surface area contributed by atoms with Crippen LogP contribution in [-0.2, 0) is 0 Å². The quantitative estimate of drug-likeness (QED) is 0.724. The van der Waals surface area contributed by atoms with Gasteiger partial charge in [-0.25, -0.2) is 9.97 Å². The summed E-state index contributed by atoms with van der Waals surface area (Å²) in [5.41, 5.74) is 1.19. The molecule has 0 bridgehead atoms. The van der Waals surface area contributed by atoms with E-state index in [9.17, 15) is 4.79 Å². The Hall–Kier alpha value is -2.83. The summed E-state index contributed by atoms with van der Waals surface area (Å²) in [7, 11) is 3.16.